The van der Waals surface area contributed by atoms with Crippen LogP contribution < -0.4 is 0 Å². The summed E-state index contributed by atoms with van der Waals surface area (Å²) in [6.45, 7) is 17.0. The summed E-state index contributed by atoms with van der Waals surface area (Å²) in [6, 6.07) is 7.29. The van der Waals surface area contributed by atoms with Crippen molar-refractivity contribution in [3.8, 4) is 0 Å². The molecule has 0 spiro atoms. The molecule has 2 nitrogen and oxygen atoms in total. The number of rotatable bonds is 10. The van der Waals surface area contributed by atoms with Crippen LogP contribution in [0.15, 0.2) is 35.9 Å². The first-order chi connectivity index (χ1) is 14.4. The molecule has 1 aliphatic rings. The summed E-state index contributed by atoms with van der Waals surface area (Å²) in [5, 5.41) is 0. The van der Waals surface area contributed by atoms with Gasteiger partial charge in [-0.05, 0) is 83.4 Å². The van der Waals surface area contributed by atoms with Crippen LogP contribution in [0, 0.1) is 5.92 Å². The van der Waals surface area contributed by atoms with E-state index in [1.165, 1.54) is 18.4 Å². The number of piperidine rings is 1. The smallest absolute Gasteiger partial charge is 0.270 e. The molecule has 0 amide bonds. The molecular formula is C27H43F2NO. The van der Waals surface area contributed by atoms with Crippen LogP contribution in [0.25, 0.3) is 0 Å². The first kappa shape index (κ1) is 26.0. The molecule has 0 saturated carbocycles. The van der Waals surface area contributed by atoms with Crippen LogP contribution in [0.3, 0.4) is 0 Å². The molecule has 176 valence electrons. The van der Waals surface area contributed by atoms with Crippen molar-refractivity contribution in [1.82, 2.24) is 4.90 Å². The van der Waals surface area contributed by atoms with Crippen LogP contribution in [0.5, 0.6) is 0 Å². The van der Waals surface area contributed by atoms with Gasteiger partial charge in [-0.2, -0.15) is 0 Å². The molecule has 1 heterocycles. The lowest BCUT2D eigenvalue weighted by Crippen LogP contribution is -2.43. The van der Waals surface area contributed by atoms with Gasteiger partial charge in [0.15, 0.2) is 0 Å². The molecule has 0 aromatic heterocycles. The third kappa shape index (κ3) is 8.31. The van der Waals surface area contributed by atoms with E-state index in [0.29, 0.717) is 12.1 Å². The van der Waals surface area contributed by atoms with Crippen molar-refractivity contribution in [3.05, 3.63) is 47.0 Å². The monoisotopic (exact) mass is 435 g/mol. The molecule has 4 heteroatoms. The second-order valence-electron chi connectivity index (χ2n) is 10.6. The average Bonchev–Trinajstić information content (AvgIpc) is 2.66. The van der Waals surface area contributed by atoms with Crippen molar-refractivity contribution in [2.75, 3.05) is 19.7 Å². The van der Waals surface area contributed by atoms with Gasteiger partial charge in [0.2, 0.25) is 0 Å². The molecule has 0 bridgehead atoms. The number of halogens is 2. The largest absolute Gasteiger partial charge is 0.379 e. The van der Waals surface area contributed by atoms with Crippen molar-refractivity contribution in [1.29, 1.82) is 0 Å². The minimum absolute atomic E-state index is 0.0800. The highest BCUT2D eigenvalue weighted by Gasteiger charge is 2.31. The molecule has 0 N–H and O–H groups in total. The second-order valence-corrected chi connectivity index (χ2v) is 10.6. The minimum Gasteiger partial charge on any atom is -0.379 e. The fraction of sp³-hybridized carbons (Fsp3) is 0.704. The number of benzene rings is 1. The highest BCUT2D eigenvalue weighted by Crippen LogP contribution is 2.35. The Kier molecular flexibility index (Phi) is 9.27. The maximum Gasteiger partial charge on any atom is 0.270 e. The van der Waals surface area contributed by atoms with E-state index in [4.69, 9.17) is 4.74 Å². The molecule has 1 aromatic carbocycles. The fourth-order valence-corrected chi connectivity index (χ4v) is 4.58. The number of allylic oxidation sites excluding steroid dienone is 1. The highest BCUT2D eigenvalue weighted by molar-refractivity contribution is 5.30. The van der Waals surface area contributed by atoms with Crippen molar-refractivity contribution in [2.24, 2.45) is 5.92 Å². The zero-order valence-electron chi connectivity index (χ0n) is 20.7. The lowest BCUT2D eigenvalue weighted by Gasteiger charge is -2.40. The normalized spacial score (nSPS) is 17.7. The van der Waals surface area contributed by atoms with Gasteiger partial charge in [-0.1, -0.05) is 49.8 Å². The summed E-state index contributed by atoms with van der Waals surface area (Å²) >= 11 is 0. The summed E-state index contributed by atoms with van der Waals surface area (Å²) in [5.74, 6) is -2.05. The Morgan fingerprint density at radius 2 is 1.61 bits per heavy atom. The van der Waals surface area contributed by atoms with Crippen LogP contribution in [0.1, 0.15) is 85.3 Å². The standard InChI is InChI=1S/C27H43F2NO/c1-20(2)18-25(30-15-12-22(13-16-30)14-17-31-21(3)4)19-26(5,6)23-8-10-24(11-9-23)27(7,28)29/h8-11,18,21-22,25H,12-17,19H2,1-7H3. The molecule has 1 atom stereocenters. The van der Waals surface area contributed by atoms with Crippen LogP contribution in [-0.4, -0.2) is 36.7 Å². The van der Waals surface area contributed by atoms with Gasteiger partial charge in [-0.15, -0.1) is 0 Å². The van der Waals surface area contributed by atoms with Crippen molar-refractivity contribution < 1.29 is 13.5 Å². The van der Waals surface area contributed by atoms with Crippen molar-refractivity contribution in [2.45, 2.75) is 97.6 Å². The zero-order valence-corrected chi connectivity index (χ0v) is 20.7. The summed E-state index contributed by atoms with van der Waals surface area (Å²) in [6.07, 6.45) is 7.26. The lowest BCUT2D eigenvalue weighted by atomic mass is 9.77. The third-order valence-electron chi connectivity index (χ3n) is 6.51. The van der Waals surface area contributed by atoms with Gasteiger partial charge in [0.25, 0.3) is 5.92 Å². The first-order valence-electron chi connectivity index (χ1n) is 11.9. The van der Waals surface area contributed by atoms with E-state index in [9.17, 15) is 8.78 Å². The van der Waals surface area contributed by atoms with Crippen LogP contribution >= 0.6 is 0 Å². The Labute approximate surface area is 189 Å². The zero-order chi connectivity index (χ0) is 23.2. The second kappa shape index (κ2) is 11.0. The van der Waals surface area contributed by atoms with E-state index in [1.807, 2.05) is 12.1 Å². The summed E-state index contributed by atoms with van der Waals surface area (Å²) in [7, 11) is 0. The maximum absolute atomic E-state index is 13.6. The number of nitrogens with zero attached hydrogens (tertiary/aromatic N) is 1. The number of likely N-dealkylation sites (tertiary alicyclic amines) is 1. The topological polar surface area (TPSA) is 12.5 Å². The highest BCUT2D eigenvalue weighted by atomic mass is 19.3. The summed E-state index contributed by atoms with van der Waals surface area (Å²) in [5.41, 5.74) is 2.43. The quantitative estimate of drug-likeness (QED) is 0.357. The summed E-state index contributed by atoms with van der Waals surface area (Å²) in [4.78, 5) is 2.61. The van der Waals surface area contributed by atoms with Gasteiger partial charge >= 0.3 is 0 Å². The fourth-order valence-electron chi connectivity index (χ4n) is 4.58. The van der Waals surface area contributed by atoms with Crippen LogP contribution in [0.4, 0.5) is 8.78 Å². The molecule has 1 fully saturated rings. The van der Waals surface area contributed by atoms with Crippen molar-refractivity contribution >= 4 is 0 Å². The molecule has 0 aliphatic carbocycles. The Hall–Kier alpha value is -1.26. The van der Waals surface area contributed by atoms with E-state index < -0.39 is 5.92 Å². The van der Waals surface area contributed by atoms with Gasteiger partial charge in [0.05, 0.1) is 6.10 Å². The Bertz CT molecular complexity index is 691. The number of hydrogen-bond donors (Lipinski definition) is 0. The molecule has 1 unspecified atom stereocenters. The van der Waals surface area contributed by atoms with Crippen LogP contribution in [0.2, 0.25) is 0 Å². The van der Waals surface area contributed by atoms with Gasteiger partial charge in [-0.25, -0.2) is 8.78 Å². The molecular weight excluding hydrogens is 392 g/mol. The van der Waals surface area contributed by atoms with Gasteiger partial charge in [0.1, 0.15) is 0 Å². The van der Waals surface area contributed by atoms with E-state index in [2.05, 4.69) is 52.5 Å². The van der Waals surface area contributed by atoms with Crippen LogP contribution in [-0.2, 0) is 16.1 Å². The third-order valence-corrected chi connectivity index (χ3v) is 6.51. The van der Waals surface area contributed by atoms with E-state index >= 15 is 0 Å². The number of ether oxygens (including phenoxy) is 1. The molecule has 1 aromatic rings. The van der Waals surface area contributed by atoms with Gasteiger partial charge in [0, 0.05) is 25.1 Å². The van der Waals surface area contributed by atoms with Crippen molar-refractivity contribution in [3.63, 3.8) is 0 Å². The SMILES string of the molecule is CC(C)=CC(CC(C)(C)c1ccc(C(C)(F)F)cc1)N1CCC(CCOC(C)C)CC1. The Morgan fingerprint density at radius 1 is 1.06 bits per heavy atom. The molecule has 1 aliphatic heterocycles. The maximum atomic E-state index is 13.6. The van der Waals surface area contributed by atoms with E-state index in [-0.39, 0.29) is 11.0 Å². The average molecular weight is 436 g/mol. The molecule has 0 radical (unpaired) electrons. The molecule has 31 heavy (non-hydrogen) atoms. The van der Waals surface area contributed by atoms with E-state index in [0.717, 1.165) is 50.9 Å². The Morgan fingerprint density at radius 3 is 2.10 bits per heavy atom. The van der Waals surface area contributed by atoms with Gasteiger partial charge in [-0.3, -0.25) is 4.90 Å². The minimum atomic E-state index is -2.79. The predicted octanol–water partition coefficient (Wildman–Crippen LogP) is 7.33. The number of alkyl halides is 2. The lowest BCUT2D eigenvalue weighted by molar-refractivity contribution is 0.0174. The van der Waals surface area contributed by atoms with E-state index in [1.54, 1.807) is 12.1 Å². The molecule has 1 saturated heterocycles. The Balaban J connectivity index is 2.03. The molecule has 2 rings (SSSR count). The first-order valence-corrected chi connectivity index (χ1v) is 11.9. The summed E-state index contributed by atoms with van der Waals surface area (Å²) < 4.78 is 33.0. The number of hydrogen-bond acceptors (Lipinski definition) is 2. The van der Waals surface area contributed by atoms with Gasteiger partial charge < -0.3 is 4.74 Å². The predicted molar refractivity (Wildman–Crippen MR) is 127 cm³/mol.